The number of rotatable bonds is 10. The molecule has 2 aromatic carbocycles. The van der Waals surface area contributed by atoms with Gasteiger partial charge in [0.25, 0.3) is 0 Å². The van der Waals surface area contributed by atoms with E-state index in [1.165, 1.54) is 6.07 Å². The molecule has 2 aromatic rings. The fourth-order valence-electron chi connectivity index (χ4n) is 3.08. The molecule has 0 aliphatic rings. The molecule has 1 amide bonds. The number of sulfonamides is 1. The molecule has 0 saturated carbocycles. The van der Waals surface area contributed by atoms with Crippen molar-refractivity contribution in [3.63, 3.8) is 0 Å². The molecule has 0 aliphatic heterocycles. The van der Waals surface area contributed by atoms with Crippen molar-refractivity contribution < 1.29 is 27.5 Å². The fraction of sp³-hybridized carbons (Fsp3) is 0.364. The molecular weight excluding hydrogens is 420 g/mol. The van der Waals surface area contributed by atoms with Crippen molar-refractivity contribution in [2.45, 2.75) is 33.2 Å². The van der Waals surface area contributed by atoms with Crippen LogP contribution >= 0.6 is 0 Å². The van der Waals surface area contributed by atoms with E-state index in [0.717, 1.165) is 10.6 Å². The highest BCUT2D eigenvalue weighted by Gasteiger charge is 2.31. The van der Waals surface area contributed by atoms with Crippen LogP contribution in [-0.4, -0.2) is 45.8 Å². The van der Waals surface area contributed by atoms with E-state index in [9.17, 15) is 18.0 Å². The molecule has 0 fully saturated rings. The standard InChI is InChI=1S/C22H28N2O6S/c1-5-20(21(25)23-17-10-8-9-16(15-17)22(26)30-7-3)24(31(4,27)28)18-11-13-19(14-12-18)29-6-2/h8-15,20H,5-7H2,1-4H3,(H,23,25)/t20-/m0/s1. The highest BCUT2D eigenvalue weighted by atomic mass is 32.2. The minimum absolute atomic E-state index is 0.235. The lowest BCUT2D eigenvalue weighted by Crippen LogP contribution is -2.47. The zero-order valence-electron chi connectivity index (χ0n) is 18.1. The lowest BCUT2D eigenvalue weighted by molar-refractivity contribution is -0.117. The summed E-state index contributed by atoms with van der Waals surface area (Å²) in [6.07, 6.45) is 1.30. The molecule has 0 unspecified atom stereocenters. The summed E-state index contributed by atoms with van der Waals surface area (Å²) in [5.74, 6) is -0.409. The number of hydrogen-bond acceptors (Lipinski definition) is 6. The summed E-state index contributed by atoms with van der Waals surface area (Å²) in [7, 11) is -3.76. The number of carbonyl (C=O) groups is 2. The Labute approximate surface area is 183 Å². The molecule has 8 nitrogen and oxygen atoms in total. The van der Waals surface area contributed by atoms with Crippen LogP contribution < -0.4 is 14.4 Å². The Kier molecular flexibility index (Phi) is 8.44. The van der Waals surface area contributed by atoms with Gasteiger partial charge in [-0.2, -0.15) is 0 Å². The molecule has 0 spiro atoms. The van der Waals surface area contributed by atoms with Gasteiger partial charge in [-0.1, -0.05) is 13.0 Å². The SMILES string of the molecule is CCOC(=O)c1cccc(NC(=O)[C@H](CC)N(c2ccc(OCC)cc2)S(C)(=O)=O)c1. The Balaban J connectivity index is 2.31. The molecule has 1 N–H and O–H groups in total. The number of esters is 1. The molecule has 2 rings (SSSR count). The van der Waals surface area contributed by atoms with Crippen molar-refractivity contribution in [2.75, 3.05) is 29.1 Å². The molecule has 0 heterocycles. The molecule has 168 valence electrons. The quantitative estimate of drug-likeness (QED) is 0.559. The van der Waals surface area contributed by atoms with Gasteiger partial charge < -0.3 is 14.8 Å². The normalized spacial score (nSPS) is 12.0. The van der Waals surface area contributed by atoms with Crippen LogP contribution in [-0.2, 0) is 19.6 Å². The number of benzene rings is 2. The van der Waals surface area contributed by atoms with Gasteiger partial charge in [-0.05, 0) is 62.7 Å². The predicted molar refractivity (Wildman–Crippen MR) is 120 cm³/mol. The molecule has 31 heavy (non-hydrogen) atoms. The Hall–Kier alpha value is -3.07. The molecule has 9 heteroatoms. The second-order valence-electron chi connectivity index (χ2n) is 6.70. The minimum atomic E-state index is -3.76. The largest absolute Gasteiger partial charge is 0.494 e. The molecule has 0 aliphatic carbocycles. The molecule has 0 aromatic heterocycles. The van der Waals surface area contributed by atoms with E-state index in [4.69, 9.17) is 9.47 Å². The van der Waals surface area contributed by atoms with Crippen molar-refractivity contribution in [1.82, 2.24) is 0 Å². The van der Waals surface area contributed by atoms with Crippen LogP contribution in [0.2, 0.25) is 0 Å². The smallest absolute Gasteiger partial charge is 0.338 e. The molecule has 0 saturated heterocycles. The molecule has 1 atom stereocenters. The van der Waals surface area contributed by atoms with Gasteiger partial charge in [-0.3, -0.25) is 9.10 Å². The summed E-state index contributed by atoms with van der Waals surface area (Å²) in [6.45, 7) is 6.01. The lowest BCUT2D eigenvalue weighted by Gasteiger charge is -2.30. The van der Waals surface area contributed by atoms with E-state index in [1.54, 1.807) is 56.3 Å². The maximum atomic E-state index is 13.0. The predicted octanol–water partition coefficient (Wildman–Crippen LogP) is 3.45. The van der Waals surface area contributed by atoms with Crippen LogP contribution in [0.15, 0.2) is 48.5 Å². The number of ether oxygens (including phenoxy) is 2. The van der Waals surface area contributed by atoms with E-state index in [-0.39, 0.29) is 13.0 Å². The number of amides is 1. The van der Waals surface area contributed by atoms with Crippen molar-refractivity contribution >= 4 is 33.3 Å². The van der Waals surface area contributed by atoms with E-state index in [0.29, 0.717) is 29.3 Å². The zero-order chi connectivity index (χ0) is 23.0. The molecule has 0 radical (unpaired) electrons. The van der Waals surface area contributed by atoms with Crippen LogP contribution in [0.5, 0.6) is 5.75 Å². The summed E-state index contributed by atoms with van der Waals surface area (Å²) in [4.78, 5) is 25.0. The van der Waals surface area contributed by atoms with Crippen LogP contribution in [0.25, 0.3) is 0 Å². The molecular formula is C22H28N2O6S. The Morgan fingerprint density at radius 2 is 1.71 bits per heavy atom. The maximum absolute atomic E-state index is 13.0. The van der Waals surface area contributed by atoms with Crippen molar-refractivity contribution in [3.05, 3.63) is 54.1 Å². The zero-order valence-corrected chi connectivity index (χ0v) is 18.9. The van der Waals surface area contributed by atoms with Gasteiger partial charge in [0.2, 0.25) is 15.9 Å². The van der Waals surface area contributed by atoms with Crippen molar-refractivity contribution in [3.8, 4) is 5.75 Å². The molecule has 0 bridgehead atoms. The summed E-state index contributed by atoms with van der Waals surface area (Å²) < 4.78 is 36.6. The first-order valence-electron chi connectivity index (χ1n) is 10.0. The number of nitrogens with zero attached hydrogens (tertiary/aromatic N) is 1. The average Bonchev–Trinajstić information content (AvgIpc) is 2.72. The van der Waals surface area contributed by atoms with Gasteiger partial charge in [0, 0.05) is 5.69 Å². The number of nitrogens with one attached hydrogen (secondary N) is 1. The average molecular weight is 449 g/mol. The highest BCUT2D eigenvalue weighted by Crippen LogP contribution is 2.26. The second kappa shape index (κ2) is 10.8. The van der Waals surface area contributed by atoms with Gasteiger partial charge in [-0.15, -0.1) is 0 Å². The minimum Gasteiger partial charge on any atom is -0.494 e. The summed E-state index contributed by atoms with van der Waals surface area (Å²) in [6, 6.07) is 11.8. The summed E-state index contributed by atoms with van der Waals surface area (Å²) >= 11 is 0. The second-order valence-corrected chi connectivity index (χ2v) is 8.56. The van der Waals surface area contributed by atoms with E-state index >= 15 is 0 Å². The number of carbonyl (C=O) groups excluding carboxylic acids is 2. The van der Waals surface area contributed by atoms with Crippen LogP contribution in [0.4, 0.5) is 11.4 Å². The third kappa shape index (κ3) is 6.45. The first-order valence-corrected chi connectivity index (χ1v) is 11.9. The van der Waals surface area contributed by atoms with Crippen LogP contribution in [0.3, 0.4) is 0 Å². The van der Waals surface area contributed by atoms with E-state index < -0.39 is 27.9 Å². The third-order valence-corrected chi connectivity index (χ3v) is 5.55. The van der Waals surface area contributed by atoms with Crippen molar-refractivity contribution in [1.29, 1.82) is 0 Å². The Morgan fingerprint density at radius 1 is 1.03 bits per heavy atom. The number of anilines is 2. The monoisotopic (exact) mass is 448 g/mol. The summed E-state index contributed by atoms with van der Waals surface area (Å²) in [5, 5.41) is 2.71. The van der Waals surface area contributed by atoms with Crippen molar-refractivity contribution in [2.24, 2.45) is 0 Å². The topological polar surface area (TPSA) is 102 Å². The van der Waals surface area contributed by atoms with Gasteiger partial charge in [0.15, 0.2) is 0 Å². The Morgan fingerprint density at radius 3 is 2.26 bits per heavy atom. The van der Waals surface area contributed by atoms with Crippen LogP contribution in [0, 0.1) is 0 Å². The fourth-order valence-corrected chi connectivity index (χ4v) is 4.29. The Bertz CT molecular complexity index is 1000. The first-order chi connectivity index (χ1) is 14.7. The first kappa shape index (κ1) is 24.2. The highest BCUT2D eigenvalue weighted by molar-refractivity contribution is 7.92. The van der Waals surface area contributed by atoms with Gasteiger partial charge in [0.05, 0.1) is 30.7 Å². The maximum Gasteiger partial charge on any atom is 0.338 e. The van der Waals surface area contributed by atoms with Gasteiger partial charge >= 0.3 is 5.97 Å². The summed E-state index contributed by atoms with van der Waals surface area (Å²) in [5.41, 5.74) is 1.02. The third-order valence-electron chi connectivity index (χ3n) is 4.37. The van der Waals surface area contributed by atoms with E-state index in [1.807, 2.05) is 6.92 Å². The lowest BCUT2D eigenvalue weighted by atomic mass is 10.1. The number of hydrogen-bond donors (Lipinski definition) is 1. The van der Waals surface area contributed by atoms with E-state index in [2.05, 4.69) is 5.32 Å². The van der Waals surface area contributed by atoms with Gasteiger partial charge in [-0.25, -0.2) is 13.2 Å². The van der Waals surface area contributed by atoms with Gasteiger partial charge in [0.1, 0.15) is 11.8 Å². The van der Waals surface area contributed by atoms with Crippen LogP contribution in [0.1, 0.15) is 37.6 Å².